The van der Waals surface area contributed by atoms with Crippen LogP contribution in [0, 0.1) is 0 Å². The maximum atomic E-state index is 9.10. The number of nitrogens with zero attached hydrogens (tertiary/aromatic N) is 2. The predicted molar refractivity (Wildman–Crippen MR) is 91.7 cm³/mol. The molecule has 0 aromatic heterocycles. The molecule has 0 saturated heterocycles. The van der Waals surface area contributed by atoms with Gasteiger partial charge >= 0.3 is 11.9 Å². The molecular formula is C16H18N4O4. The molecule has 6 N–H and O–H groups in total. The molecule has 0 saturated carbocycles. The van der Waals surface area contributed by atoms with Gasteiger partial charge in [-0.15, -0.1) is 0 Å². The van der Waals surface area contributed by atoms with E-state index >= 15 is 0 Å². The van der Waals surface area contributed by atoms with Crippen LogP contribution < -0.4 is 11.7 Å². The molecule has 2 aromatic carbocycles. The largest absolute Gasteiger partial charge is 0.473 e. The molecule has 2 aromatic rings. The summed E-state index contributed by atoms with van der Waals surface area (Å²) in [6, 6.07) is 19.4. The molecule has 8 heteroatoms. The van der Waals surface area contributed by atoms with E-state index in [1.807, 2.05) is 60.7 Å². The van der Waals surface area contributed by atoms with Crippen LogP contribution in [0.4, 0.5) is 0 Å². The number of nitrogens with two attached hydrogens (primary N) is 2. The standard InChI is InChI=1S/2C7H8N2.C2H2O4/c2*8-9-6-7-4-2-1-3-5-7;3-1(4)2(5)6/h2*1-6H,8H2;(H,3,4)(H,5,6). The van der Waals surface area contributed by atoms with Crippen LogP contribution in [0.1, 0.15) is 11.1 Å². The number of hydrogen-bond donors (Lipinski definition) is 4. The molecule has 2 rings (SSSR count). The fourth-order valence-corrected chi connectivity index (χ4v) is 1.25. The van der Waals surface area contributed by atoms with E-state index in [2.05, 4.69) is 10.2 Å². The molecule has 126 valence electrons. The Bertz CT molecular complexity index is 599. The van der Waals surface area contributed by atoms with Gasteiger partial charge in [-0.1, -0.05) is 60.7 Å². The van der Waals surface area contributed by atoms with E-state index in [0.717, 1.165) is 11.1 Å². The molecule has 0 unspecified atom stereocenters. The quantitative estimate of drug-likeness (QED) is 0.280. The summed E-state index contributed by atoms with van der Waals surface area (Å²) < 4.78 is 0. The van der Waals surface area contributed by atoms with Crippen molar-refractivity contribution in [2.45, 2.75) is 0 Å². The van der Waals surface area contributed by atoms with Crippen molar-refractivity contribution in [1.82, 2.24) is 0 Å². The molecule has 0 heterocycles. The van der Waals surface area contributed by atoms with Crippen molar-refractivity contribution in [2.75, 3.05) is 0 Å². The van der Waals surface area contributed by atoms with E-state index in [0.29, 0.717) is 0 Å². The van der Waals surface area contributed by atoms with Crippen LogP contribution in [0.25, 0.3) is 0 Å². The van der Waals surface area contributed by atoms with Crippen molar-refractivity contribution in [3.63, 3.8) is 0 Å². The summed E-state index contributed by atoms with van der Waals surface area (Å²) in [5, 5.41) is 21.5. The Morgan fingerprint density at radius 1 is 0.708 bits per heavy atom. The topological polar surface area (TPSA) is 151 Å². The minimum absolute atomic E-state index is 1.03. The van der Waals surface area contributed by atoms with Crippen LogP contribution in [-0.4, -0.2) is 34.6 Å². The Morgan fingerprint density at radius 2 is 1.00 bits per heavy atom. The Kier molecular flexibility index (Phi) is 11.0. The molecular weight excluding hydrogens is 312 g/mol. The number of hydrogen-bond acceptors (Lipinski definition) is 6. The zero-order chi connectivity index (χ0) is 18.2. The highest BCUT2D eigenvalue weighted by Gasteiger charge is 2.04. The van der Waals surface area contributed by atoms with Gasteiger partial charge in [-0.2, -0.15) is 10.2 Å². The molecule has 0 amide bonds. The van der Waals surface area contributed by atoms with Crippen molar-refractivity contribution in [3.8, 4) is 0 Å². The third-order valence-electron chi connectivity index (χ3n) is 2.23. The predicted octanol–water partition coefficient (Wildman–Crippen LogP) is 1.11. The third-order valence-corrected chi connectivity index (χ3v) is 2.23. The van der Waals surface area contributed by atoms with Gasteiger partial charge in [0.05, 0.1) is 12.4 Å². The normalized spacial score (nSPS) is 9.50. The first kappa shape index (κ1) is 20.3. The second-order valence-corrected chi connectivity index (χ2v) is 3.99. The maximum absolute atomic E-state index is 9.10. The Morgan fingerprint density at radius 3 is 1.21 bits per heavy atom. The van der Waals surface area contributed by atoms with Crippen molar-refractivity contribution >= 4 is 24.4 Å². The van der Waals surface area contributed by atoms with Gasteiger partial charge in [0.25, 0.3) is 0 Å². The summed E-state index contributed by atoms with van der Waals surface area (Å²) >= 11 is 0. The summed E-state index contributed by atoms with van der Waals surface area (Å²) in [7, 11) is 0. The van der Waals surface area contributed by atoms with E-state index in [9.17, 15) is 0 Å². The molecule has 0 fully saturated rings. The first-order chi connectivity index (χ1) is 11.5. The van der Waals surface area contributed by atoms with E-state index in [1.165, 1.54) is 0 Å². The van der Waals surface area contributed by atoms with Gasteiger partial charge in [0.15, 0.2) is 0 Å². The molecule has 0 aliphatic carbocycles. The van der Waals surface area contributed by atoms with E-state index in [1.54, 1.807) is 12.4 Å². The lowest BCUT2D eigenvalue weighted by molar-refractivity contribution is -0.159. The van der Waals surface area contributed by atoms with Crippen LogP contribution in [-0.2, 0) is 9.59 Å². The Hall–Kier alpha value is -3.68. The lowest BCUT2D eigenvalue weighted by atomic mass is 10.2. The Balaban J connectivity index is 0.000000340. The number of aliphatic carboxylic acids is 2. The van der Waals surface area contributed by atoms with Crippen LogP contribution in [0.3, 0.4) is 0 Å². The lowest BCUT2D eigenvalue weighted by Crippen LogP contribution is -2.09. The van der Waals surface area contributed by atoms with E-state index < -0.39 is 11.9 Å². The van der Waals surface area contributed by atoms with Gasteiger partial charge in [-0.3, -0.25) is 0 Å². The maximum Gasteiger partial charge on any atom is 0.414 e. The Labute approximate surface area is 138 Å². The minimum atomic E-state index is -1.82. The fourth-order valence-electron chi connectivity index (χ4n) is 1.25. The number of hydrazone groups is 2. The van der Waals surface area contributed by atoms with Crippen LogP contribution >= 0.6 is 0 Å². The monoisotopic (exact) mass is 330 g/mol. The number of carbonyl (C=O) groups is 2. The highest BCUT2D eigenvalue weighted by Crippen LogP contribution is 1.92. The minimum Gasteiger partial charge on any atom is -0.473 e. The molecule has 8 nitrogen and oxygen atoms in total. The molecule has 24 heavy (non-hydrogen) atoms. The van der Waals surface area contributed by atoms with Gasteiger partial charge in [0.1, 0.15) is 0 Å². The smallest absolute Gasteiger partial charge is 0.414 e. The summed E-state index contributed by atoms with van der Waals surface area (Å²) in [6.07, 6.45) is 3.22. The van der Waals surface area contributed by atoms with Gasteiger partial charge < -0.3 is 21.9 Å². The molecule has 0 aliphatic heterocycles. The first-order valence-corrected chi connectivity index (χ1v) is 6.54. The highest BCUT2D eigenvalue weighted by molar-refractivity contribution is 6.27. The highest BCUT2D eigenvalue weighted by atomic mass is 16.4. The van der Waals surface area contributed by atoms with Gasteiger partial charge in [-0.25, -0.2) is 9.59 Å². The summed E-state index contributed by atoms with van der Waals surface area (Å²) in [5.41, 5.74) is 2.06. The SMILES string of the molecule is NN=Cc1ccccc1.NN=Cc1ccccc1.O=C(O)C(=O)O. The zero-order valence-corrected chi connectivity index (χ0v) is 12.7. The van der Waals surface area contributed by atoms with Crippen molar-refractivity contribution in [3.05, 3.63) is 71.8 Å². The van der Waals surface area contributed by atoms with Crippen molar-refractivity contribution < 1.29 is 19.8 Å². The number of carboxylic acid groups (broad SMARTS) is 2. The molecule has 0 atom stereocenters. The zero-order valence-electron chi connectivity index (χ0n) is 12.7. The van der Waals surface area contributed by atoms with Crippen molar-refractivity contribution in [2.24, 2.45) is 21.9 Å². The lowest BCUT2D eigenvalue weighted by Gasteiger charge is -1.85. The number of rotatable bonds is 2. The summed E-state index contributed by atoms with van der Waals surface area (Å²) in [5.74, 6) is 6.21. The second-order valence-electron chi connectivity index (χ2n) is 3.99. The molecule has 0 radical (unpaired) electrons. The van der Waals surface area contributed by atoms with Crippen LogP contribution in [0.15, 0.2) is 70.9 Å². The van der Waals surface area contributed by atoms with E-state index in [-0.39, 0.29) is 0 Å². The summed E-state index contributed by atoms with van der Waals surface area (Å²) in [6.45, 7) is 0. The summed E-state index contributed by atoms with van der Waals surface area (Å²) in [4.78, 5) is 18.2. The van der Waals surface area contributed by atoms with Gasteiger partial charge in [-0.05, 0) is 11.1 Å². The molecule has 0 spiro atoms. The first-order valence-electron chi connectivity index (χ1n) is 6.54. The van der Waals surface area contributed by atoms with Crippen LogP contribution in [0.5, 0.6) is 0 Å². The van der Waals surface area contributed by atoms with Crippen molar-refractivity contribution in [1.29, 1.82) is 0 Å². The molecule has 0 aliphatic rings. The molecule has 0 bridgehead atoms. The van der Waals surface area contributed by atoms with Gasteiger partial charge in [0.2, 0.25) is 0 Å². The van der Waals surface area contributed by atoms with E-state index in [4.69, 9.17) is 31.5 Å². The number of carboxylic acids is 2. The van der Waals surface area contributed by atoms with Crippen LogP contribution in [0.2, 0.25) is 0 Å². The third kappa shape index (κ3) is 11.0. The number of benzene rings is 2. The second kappa shape index (κ2) is 13.0. The fraction of sp³-hybridized carbons (Fsp3) is 0. The average Bonchev–Trinajstić information content (AvgIpc) is 2.58. The average molecular weight is 330 g/mol. The van der Waals surface area contributed by atoms with Gasteiger partial charge in [0, 0.05) is 0 Å².